The zero-order valence-corrected chi connectivity index (χ0v) is 24.3. The summed E-state index contributed by atoms with van der Waals surface area (Å²) in [5.74, 6) is 0.298. The largest absolute Gasteiger partial charge is 0.494 e. The second-order valence-electron chi connectivity index (χ2n) is 10.3. The van der Waals surface area contributed by atoms with Crippen LogP contribution in [0.25, 0.3) is 22.4 Å². The zero-order valence-electron chi connectivity index (χ0n) is 23.6. The molecule has 0 fully saturated rings. The minimum absolute atomic E-state index is 0.154. The summed E-state index contributed by atoms with van der Waals surface area (Å²) in [6.07, 6.45) is 3.24. The van der Waals surface area contributed by atoms with Gasteiger partial charge in [0.25, 0.3) is 0 Å². The van der Waals surface area contributed by atoms with Crippen LogP contribution in [0.1, 0.15) is 17.5 Å². The number of hydrogen-bond donors (Lipinski definition) is 2. The molecule has 0 saturated heterocycles. The summed E-state index contributed by atoms with van der Waals surface area (Å²) < 4.78 is 9.00. The highest BCUT2D eigenvalue weighted by atomic mass is 35.5. The number of imidazole rings is 1. The molecule has 12 heteroatoms. The van der Waals surface area contributed by atoms with Crippen LogP contribution < -0.4 is 26.4 Å². The number of hydrogen-bond acceptors (Lipinski definition) is 8. The molecule has 0 spiro atoms. The van der Waals surface area contributed by atoms with Gasteiger partial charge in [0.1, 0.15) is 10.8 Å². The SMILES string of the molecule is C=C(C(N)=O)c1cc(Nc2ncc(Cl)c(-n3c(=O)n4c5c(cccc53)CCC4)n2)c(OC)cc1N(C)CCN(C)C. The minimum Gasteiger partial charge on any atom is -0.494 e. The first kappa shape index (κ1) is 28.2. The number of aromatic nitrogens is 4. The van der Waals surface area contributed by atoms with E-state index in [1.165, 1.54) is 10.8 Å². The molecule has 0 unspecified atom stereocenters. The Hall–Kier alpha value is -4.35. The standard InChI is InChI=1S/C29H33ClN8O3/c1-17(26(31)39)19-14-21(24(41-5)15-23(19)36(4)13-12-35(2)3)33-28-32-16-20(30)27(34-28)38-22-10-6-8-18-9-7-11-37(25(18)22)29(38)40/h6,8,10,14-16H,1,7,9,11-13H2,2-5H3,(H2,31,39)(H,32,33,34). The summed E-state index contributed by atoms with van der Waals surface area (Å²) in [4.78, 5) is 38.8. The lowest BCUT2D eigenvalue weighted by molar-refractivity contribution is -0.112. The van der Waals surface area contributed by atoms with Crippen LogP contribution in [0.15, 0.2) is 47.9 Å². The van der Waals surface area contributed by atoms with Crippen molar-refractivity contribution in [2.75, 3.05) is 51.6 Å². The van der Waals surface area contributed by atoms with Gasteiger partial charge in [0.05, 0.1) is 30.0 Å². The number of carbonyl (C=O) groups excluding carboxylic acids is 1. The summed E-state index contributed by atoms with van der Waals surface area (Å²) in [5, 5.41) is 3.41. The number of halogens is 1. The highest BCUT2D eigenvalue weighted by molar-refractivity contribution is 6.32. The number of amides is 1. The number of likely N-dealkylation sites (N-methyl/N-ethyl adjacent to an activating group) is 2. The molecule has 11 nitrogen and oxygen atoms in total. The Balaban J connectivity index is 1.59. The maximum atomic E-state index is 13.5. The molecule has 0 atom stereocenters. The van der Waals surface area contributed by atoms with E-state index in [2.05, 4.69) is 26.8 Å². The molecule has 1 amide bonds. The van der Waals surface area contributed by atoms with E-state index in [1.807, 2.05) is 50.3 Å². The van der Waals surface area contributed by atoms with Gasteiger partial charge in [0, 0.05) is 49.6 Å². The van der Waals surface area contributed by atoms with E-state index in [9.17, 15) is 9.59 Å². The van der Waals surface area contributed by atoms with Crippen molar-refractivity contribution < 1.29 is 9.53 Å². The van der Waals surface area contributed by atoms with Crippen LogP contribution in [-0.4, -0.2) is 71.3 Å². The lowest BCUT2D eigenvalue weighted by Gasteiger charge is -2.26. The molecule has 0 saturated carbocycles. The van der Waals surface area contributed by atoms with Crippen LogP contribution in [0, 0.1) is 0 Å². The predicted molar refractivity (Wildman–Crippen MR) is 163 cm³/mol. The first-order valence-electron chi connectivity index (χ1n) is 13.2. The lowest BCUT2D eigenvalue weighted by atomic mass is 10.0. The first-order valence-corrected chi connectivity index (χ1v) is 13.6. The van der Waals surface area contributed by atoms with Gasteiger partial charge in [-0.25, -0.2) is 14.3 Å². The fourth-order valence-electron chi connectivity index (χ4n) is 5.12. The number of benzene rings is 2. The van der Waals surface area contributed by atoms with Gasteiger partial charge in [0.2, 0.25) is 11.9 Å². The van der Waals surface area contributed by atoms with E-state index in [1.54, 1.807) is 17.7 Å². The number of primary amides is 1. The van der Waals surface area contributed by atoms with Gasteiger partial charge in [-0.05, 0) is 44.6 Å². The molecule has 2 aromatic carbocycles. The molecule has 0 bridgehead atoms. The number of carbonyl (C=O) groups is 1. The van der Waals surface area contributed by atoms with Crippen molar-refractivity contribution >= 4 is 51.4 Å². The third-order valence-electron chi connectivity index (χ3n) is 7.28. The van der Waals surface area contributed by atoms with Crippen molar-refractivity contribution in [2.24, 2.45) is 5.73 Å². The van der Waals surface area contributed by atoms with Gasteiger partial charge in [-0.15, -0.1) is 0 Å². The fraction of sp³-hybridized carbons (Fsp3) is 0.310. The molecule has 3 N–H and O–H groups in total. The van der Waals surface area contributed by atoms with Crippen molar-refractivity contribution in [3.05, 3.63) is 69.7 Å². The summed E-state index contributed by atoms with van der Waals surface area (Å²) in [6, 6.07) is 9.42. The van der Waals surface area contributed by atoms with Crippen LogP contribution in [0.5, 0.6) is 5.75 Å². The Morgan fingerprint density at radius 2 is 2.02 bits per heavy atom. The smallest absolute Gasteiger partial charge is 0.334 e. The molecule has 3 heterocycles. The zero-order chi connectivity index (χ0) is 29.4. The number of nitrogens with one attached hydrogen (secondary N) is 1. The summed E-state index contributed by atoms with van der Waals surface area (Å²) in [7, 11) is 7.45. The number of rotatable bonds is 10. The Morgan fingerprint density at radius 3 is 2.73 bits per heavy atom. The van der Waals surface area contributed by atoms with E-state index >= 15 is 0 Å². The van der Waals surface area contributed by atoms with Crippen molar-refractivity contribution in [1.29, 1.82) is 0 Å². The van der Waals surface area contributed by atoms with Crippen molar-refractivity contribution in [1.82, 2.24) is 24.0 Å². The molecule has 2 aromatic heterocycles. The molecular weight excluding hydrogens is 544 g/mol. The Kier molecular flexibility index (Phi) is 7.74. The molecule has 5 rings (SSSR count). The number of nitrogens with zero attached hydrogens (tertiary/aromatic N) is 6. The number of ether oxygens (including phenoxy) is 1. The van der Waals surface area contributed by atoms with E-state index in [4.69, 9.17) is 22.1 Å². The highest BCUT2D eigenvalue weighted by Gasteiger charge is 2.24. The monoisotopic (exact) mass is 576 g/mol. The number of para-hydroxylation sites is 1. The molecule has 1 aliphatic rings. The molecular formula is C29H33ClN8O3. The molecule has 214 valence electrons. The van der Waals surface area contributed by atoms with E-state index < -0.39 is 5.91 Å². The summed E-state index contributed by atoms with van der Waals surface area (Å²) in [5.41, 5.74) is 10.1. The average molecular weight is 577 g/mol. The number of anilines is 3. The average Bonchev–Trinajstić information content (AvgIpc) is 3.24. The van der Waals surface area contributed by atoms with Gasteiger partial charge in [-0.1, -0.05) is 30.3 Å². The van der Waals surface area contributed by atoms with E-state index in [0.717, 1.165) is 41.7 Å². The molecule has 41 heavy (non-hydrogen) atoms. The third-order valence-corrected chi connectivity index (χ3v) is 7.54. The van der Waals surface area contributed by atoms with Gasteiger partial charge < -0.3 is 25.6 Å². The molecule has 1 aliphatic heterocycles. The lowest BCUT2D eigenvalue weighted by Crippen LogP contribution is -2.29. The Morgan fingerprint density at radius 1 is 1.24 bits per heavy atom. The van der Waals surface area contributed by atoms with Gasteiger partial charge >= 0.3 is 5.69 Å². The maximum absolute atomic E-state index is 13.5. The fourth-order valence-corrected chi connectivity index (χ4v) is 5.30. The highest BCUT2D eigenvalue weighted by Crippen LogP contribution is 2.38. The van der Waals surface area contributed by atoms with Crippen molar-refractivity contribution in [3.8, 4) is 11.6 Å². The van der Waals surface area contributed by atoms with Gasteiger partial charge in [-0.2, -0.15) is 4.98 Å². The van der Waals surface area contributed by atoms with Crippen LogP contribution in [-0.2, 0) is 17.8 Å². The Bertz CT molecular complexity index is 1730. The topological polar surface area (TPSA) is 124 Å². The maximum Gasteiger partial charge on any atom is 0.334 e. The molecule has 4 aromatic rings. The van der Waals surface area contributed by atoms with E-state index in [0.29, 0.717) is 30.1 Å². The molecule has 0 aliphatic carbocycles. The quantitative estimate of drug-likeness (QED) is 0.275. The van der Waals surface area contributed by atoms with Crippen LogP contribution in [0.4, 0.5) is 17.3 Å². The Labute approximate surface area is 242 Å². The second kappa shape index (κ2) is 11.3. The van der Waals surface area contributed by atoms with Crippen LogP contribution in [0.2, 0.25) is 5.02 Å². The normalized spacial score (nSPS) is 12.5. The third kappa shape index (κ3) is 5.25. The second-order valence-corrected chi connectivity index (χ2v) is 10.7. The van der Waals surface area contributed by atoms with Crippen LogP contribution >= 0.6 is 11.6 Å². The number of aryl methyl sites for hydroxylation is 2. The van der Waals surface area contributed by atoms with Crippen molar-refractivity contribution in [2.45, 2.75) is 19.4 Å². The molecule has 0 radical (unpaired) electrons. The predicted octanol–water partition coefficient (Wildman–Crippen LogP) is 3.43. The minimum atomic E-state index is -0.638. The first-order chi connectivity index (χ1) is 19.6. The summed E-state index contributed by atoms with van der Waals surface area (Å²) >= 11 is 6.56. The van der Waals surface area contributed by atoms with E-state index in [-0.39, 0.29) is 28.1 Å². The van der Waals surface area contributed by atoms with Gasteiger partial charge in [0.15, 0.2) is 5.82 Å². The number of methoxy groups -OCH3 is 1. The number of nitrogens with two attached hydrogens (primary N) is 1. The summed E-state index contributed by atoms with van der Waals surface area (Å²) in [6.45, 7) is 6.04. The van der Waals surface area contributed by atoms with Crippen molar-refractivity contribution in [3.63, 3.8) is 0 Å². The van der Waals surface area contributed by atoms with Gasteiger partial charge in [-0.3, -0.25) is 9.36 Å². The van der Waals surface area contributed by atoms with Crippen LogP contribution in [0.3, 0.4) is 0 Å².